The lowest BCUT2D eigenvalue weighted by Gasteiger charge is -2.31. The third kappa shape index (κ3) is 3.72. The average molecular weight is 367 g/mol. The lowest BCUT2D eigenvalue weighted by atomic mass is 9.99. The number of nitrogens with zero attached hydrogens (tertiary/aromatic N) is 2. The van der Waals surface area contributed by atoms with Crippen molar-refractivity contribution in [2.75, 3.05) is 32.8 Å². The van der Waals surface area contributed by atoms with E-state index >= 15 is 0 Å². The van der Waals surface area contributed by atoms with Gasteiger partial charge in [-0.1, -0.05) is 13.0 Å². The number of rotatable bonds is 4. The van der Waals surface area contributed by atoms with Crippen LogP contribution in [0.1, 0.15) is 24.5 Å². The van der Waals surface area contributed by atoms with Crippen LogP contribution in [-0.2, 0) is 32.5 Å². The fourth-order valence-electron chi connectivity index (χ4n) is 3.22. The molecule has 0 bridgehead atoms. The molecule has 2 aliphatic heterocycles. The molecule has 1 atom stereocenters. The molecule has 0 unspecified atom stereocenters. The van der Waals surface area contributed by atoms with Crippen LogP contribution in [-0.4, -0.2) is 62.4 Å². The van der Waals surface area contributed by atoms with Crippen LogP contribution in [0.25, 0.3) is 0 Å². The van der Waals surface area contributed by atoms with Gasteiger partial charge in [0.1, 0.15) is 0 Å². The second kappa shape index (κ2) is 7.41. The molecule has 1 amide bonds. The summed E-state index contributed by atoms with van der Waals surface area (Å²) in [6, 6.07) is 4.74. The summed E-state index contributed by atoms with van der Waals surface area (Å²) in [6.45, 7) is 4.58. The van der Waals surface area contributed by atoms with Crippen molar-refractivity contribution in [3.8, 4) is 0 Å². The number of carbonyl (C=O) groups is 1. The van der Waals surface area contributed by atoms with E-state index in [0.29, 0.717) is 57.1 Å². The Morgan fingerprint density at radius 3 is 2.64 bits per heavy atom. The van der Waals surface area contributed by atoms with E-state index in [0.717, 1.165) is 11.1 Å². The maximum Gasteiger partial charge on any atom is 0.243 e. The third-order valence-corrected chi connectivity index (χ3v) is 6.76. The first-order valence-corrected chi connectivity index (χ1v) is 10.1. The number of nitrogens with two attached hydrogens (primary N) is 1. The van der Waals surface area contributed by atoms with Gasteiger partial charge < -0.3 is 15.4 Å². The van der Waals surface area contributed by atoms with E-state index in [1.165, 1.54) is 4.31 Å². The normalized spacial score (nSPS) is 20.2. The Morgan fingerprint density at radius 2 is 1.96 bits per heavy atom. The van der Waals surface area contributed by atoms with Gasteiger partial charge in [0.05, 0.1) is 24.2 Å². The van der Waals surface area contributed by atoms with Crippen LogP contribution in [0.4, 0.5) is 0 Å². The summed E-state index contributed by atoms with van der Waals surface area (Å²) in [5, 5.41) is 0. The Balaban J connectivity index is 1.79. The highest BCUT2D eigenvalue weighted by molar-refractivity contribution is 7.89. The monoisotopic (exact) mass is 367 g/mol. The summed E-state index contributed by atoms with van der Waals surface area (Å²) in [6.07, 6.45) is 1.25. The number of ether oxygens (including phenoxy) is 1. The number of fused-ring (bicyclic) bond motifs is 1. The van der Waals surface area contributed by atoms with Crippen LogP contribution in [0.5, 0.6) is 0 Å². The molecule has 25 heavy (non-hydrogen) atoms. The zero-order valence-corrected chi connectivity index (χ0v) is 15.3. The molecule has 0 saturated carbocycles. The molecule has 2 heterocycles. The second-order valence-electron chi connectivity index (χ2n) is 6.47. The molecular formula is C17H25N3O4S. The molecule has 2 N–H and O–H groups in total. The Bertz CT molecular complexity index is 744. The van der Waals surface area contributed by atoms with Gasteiger partial charge >= 0.3 is 0 Å². The van der Waals surface area contributed by atoms with E-state index in [-0.39, 0.29) is 5.91 Å². The van der Waals surface area contributed by atoms with E-state index in [4.69, 9.17) is 10.5 Å². The predicted octanol–water partition coefficient (Wildman–Crippen LogP) is 0.330. The lowest BCUT2D eigenvalue weighted by Crippen LogP contribution is -2.45. The molecule has 1 saturated heterocycles. The zero-order chi connectivity index (χ0) is 18.0. The van der Waals surface area contributed by atoms with Crippen molar-refractivity contribution in [3.05, 3.63) is 29.3 Å². The van der Waals surface area contributed by atoms with E-state index in [1.54, 1.807) is 17.0 Å². The molecule has 1 aromatic rings. The van der Waals surface area contributed by atoms with E-state index in [2.05, 4.69) is 0 Å². The van der Waals surface area contributed by atoms with Crippen LogP contribution in [0, 0.1) is 0 Å². The Kier molecular flexibility index (Phi) is 5.43. The minimum atomic E-state index is -3.49. The molecule has 138 valence electrons. The van der Waals surface area contributed by atoms with Crippen molar-refractivity contribution < 1.29 is 17.9 Å². The molecule has 0 aromatic heterocycles. The van der Waals surface area contributed by atoms with Crippen LogP contribution < -0.4 is 5.73 Å². The molecule has 7 nitrogen and oxygen atoms in total. The Morgan fingerprint density at radius 1 is 1.24 bits per heavy atom. The van der Waals surface area contributed by atoms with Crippen LogP contribution in [0.3, 0.4) is 0 Å². The van der Waals surface area contributed by atoms with Gasteiger partial charge in [0.15, 0.2) is 0 Å². The predicted molar refractivity (Wildman–Crippen MR) is 93.4 cm³/mol. The highest BCUT2D eigenvalue weighted by Gasteiger charge is 2.29. The Hall–Kier alpha value is -1.48. The van der Waals surface area contributed by atoms with Crippen molar-refractivity contribution in [1.29, 1.82) is 0 Å². The number of carbonyl (C=O) groups excluding carboxylic acids is 1. The fraction of sp³-hybridized carbons (Fsp3) is 0.588. The van der Waals surface area contributed by atoms with E-state index < -0.39 is 16.1 Å². The van der Waals surface area contributed by atoms with Gasteiger partial charge in [0.2, 0.25) is 15.9 Å². The topological polar surface area (TPSA) is 92.9 Å². The zero-order valence-electron chi connectivity index (χ0n) is 14.5. The highest BCUT2D eigenvalue weighted by atomic mass is 32.2. The number of benzene rings is 1. The summed E-state index contributed by atoms with van der Waals surface area (Å²) < 4.78 is 32.2. The molecule has 1 fully saturated rings. The quantitative estimate of drug-likeness (QED) is 0.828. The van der Waals surface area contributed by atoms with Crippen molar-refractivity contribution >= 4 is 15.9 Å². The summed E-state index contributed by atoms with van der Waals surface area (Å²) in [7, 11) is -3.49. The first kappa shape index (κ1) is 18.3. The maximum atomic E-state index is 12.8. The molecule has 3 rings (SSSR count). The lowest BCUT2D eigenvalue weighted by molar-refractivity contribution is -0.133. The minimum Gasteiger partial charge on any atom is -0.379 e. The van der Waals surface area contributed by atoms with Crippen molar-refractivity contribution in [2.45, 2.75) is 37.2 Å². The molecule has 2 aliphatic rings. The third-order valence-electron chi connectivity index (χ3n) is 4.87. The summed E-state index contributed by atoms with van der Waals surface area (Å²) >= 11 is 0. The molecule has 1 aromatic carbocycles. The summed E-state index contributed by atoms with van der Waals surface area (Å²) in [5.74, 6) is -0.0434. The van der Waals surface area contributed by atoms with Crippen molar-refractivity contribution in [1.82, 2.24) is 9.21 Å². The summed E-state index contributed by atoms with van der Waals surface area (Å²) in [5.41, 5.74) is 7.82. The van der Waals surface area contributed by atoms with Gasteiger partial charge in [-0.15, -0.1) is 0 Å². The Labute approximate surface area is 148 Å². The van der Waals surface area contributed by atoms with E-state index in [1.807, 2.05) is 13.0 Å². The number of sulfonamides is 1. The second-order valence-corrected chi connectivity index (χ2v) is 8.41. The van der Waals surface area contributed by atoms with Gasteiger partial charge in [-0.05, 0) is 36.1 Å². The van der Waals surface area contributed by atoms with Gasteiger partial charge in [0, 0.05) is 26.2 Å². The first-order chi connectivity index (χ1) is 11.9. The van der Waals surface area contributed by atoms with Crippen LogP contribution in [0.15, 0.2) is 23.1 Å². The summed E-state index contributed by atoms with van der Waals surface area (Å²) in [4.78, 5) is 14.3. The molecule has 8 heteroatoms. The average Bonchev–Trinajstić information content (AvgIpc) is 2.66. The maximum absolute atomic E-state index is 12.8. The SMILES string of the molecule is CC[C@H](N)C(=O)N1CCc2cc(S(=O)(=O)N3CCOCC3)ccc2C1. The molecular weight excluding hydrogens is 342 g/mol. The molecule has 0 radical (unpaired) electrons. The standard InChI is InChI=1S/C17H25N3O4S/c1-2-16(18)17(21)19-6-5-13-11-15(4-3-14(13)12-19)25(22,23)20-7-9-24-10-8-20/h3-4,11,16H,2,5-10,12,18H2,1H3/t16-/m0/s1. The van der Waals surface area contributed by atoms with Crippen LogP contribution in [0.2, 0.25) is 0 Å². The molecule has 0 aliphatic carbocycles. The number of hydrogen-bond donors (Lipinski definition) is 1. The van der Waals surface area contributed by atoms with Crippen molar-refractivity contribution in [2.24, 2.45) is 5.73 Å². The van der Waals surface area contributed by atoms with Gasteiger partial charge in [-0.2, -0.15) is 4.31 Å². The highest BCUT2D eigenvalue weighted by Crippen LogP contribution is 2.25. The van der Waals surface area contributed by atoms with Crippen LogP contribution >= 0.6 is 0 Å². The first-order valence-electron chi connectivity index (χ1n) is 8.67. The van der Waals surface area contributed by atoms with Gasteiger partial charge in [0.25, 0.3) is 0 Å². The van der Waals surface area contributed by atoms with E-state index in [9.17, 15) is 13.2 Å². The minimum absolute atomic E-state index is 0.0434. The number of morpholine rings is 1. The van der Waals surface area contributed by atoms with Gasteiger partial charge in [-0.25, -0.2) is 8.42 Å². The fourth-order valence-corrected chi connectivity index (χ4v) is 4.68. The largest absolute Gasteiger partial charge is 0.379 e. The number of amides is 1. The number of hydrogen-bond acceptors (Lipinski definition) is 5. The smallest absolute Gasteiger partial charge is 0.243 e. The van der Waals surface area contributed by atoms with Crippen molar-refractivity contribution in [3.63, 3.8) is 0 Å². The van der Waals surface area contributed by atoms with Gasteiger partial charge in [-0.3, -0.25) is 4.79 Å². The molecule has 0 spiro atoms.